The summed E-state index contributed by atoms with van der Waals surface area (Å²) in [6, 6.07) is 18.8. The first-order chi connectivity index (χ1) is 13.2. The van der Waals surface area contributed by atoms with Crippen LogP contribution in [0.25, 0.3) is 21.8 Å². The fourth-order valence-electron chi connectivity index (χ4n) is 2.66. The maximum Gasteiger partial charge on any atom is 0.268 e. The van der Waals surface area contributed by atoms with Crippen LogP contribution < -0.4 is 10.1 Å². The Morgan fingerprint density at radius 2 is 1.93 bits per heavy atom. The van der Waals surface area contributed by atoms with Crippen LogP contribution in [0.4, 0.5) is 5.69 Å². The van der Waals surface area contributed by atoms with Gasteiger partial charge in [-0.15, -0.1) is 11.3 Å². The highest BCUT2D eigenvalue weighted by molar-refractivity contribution is 7.17. The maximum atomic E-state index is 13.0. The first kappa shape index (κ1) is 17.1. The second-order valence-corrected chi connectivity index (χ2v) is 6.76. The van der Waals surface area contributed by atoms with E-state index in [2.05, 4.69) is 5.32 Å². The van der Waals surface area contributed by atoms with Crippen LogP contribution >= 0.6 is 11.3 Å². The fourth-order valence-corrected chi connectivity index (χ4v) is 3.63. The molecule has 2 heterocycles. The molecule has 0 fully saturated rings. The van der Waals surface area contributed by atoms with Crippen LogP contribution in [-0.2, 0) is 0 Å². The van der Waals surface area contributed by atoms with Crippen LogP contribution in [0.5, 0.6) is 5.75 Å². The molecule has 0 aliphatic carbocycles. The Bertz CT molecular complexity index is 1060. The molecule has 4 rings (SSSR count). The van der Waals surface area contributed by atoms with E-state index in [1.54, 1.807) is 25.7 Å². The van der Waals surface area contributed by atoms with Gasteiger partial charge in [-0.05, 0) is 18.2 Å². The molecular formula is C21H16N2O3S. The fraction of sp³-hybridized carbons (Fsp3) is 0.0476. The number of nitrogens with one attached hydrogen (secondary N) is 1. The quantitative estimate of drug-likeness (QED) is 0.511. The minimum Gasteiger partial charge on any atom is -0.497 e. The Kier molecular flexibility index (Phi) is 4.72. The SMILES string of the molecule is COc1cccc(NC(=O)c2sc(-c3ccoc3)nc2-c2ccccc2)c1. The molecule has 0 radical (unpaired) electrons. The average Bonchev–Trinajstić information content (AvgIpc) is 3.38. The van der Waals surface area contributed by atoms with Gasteiger partial charge in [0.05, 0.1) is 19.1 Å². The van der Waals surface area contributed by atoms with Gasteiger partial charge in [-0.1, -0.05) is 36.4 Å². The van der Waals surface area contributed by atoms with Gasteiger partial charge >= 0.3 is 0 Å². The number of thiazole rings is 1. The van der Waals surface area contributed by atoms with Gasteiger partial charge in [0, 0.05) is 22.9 Å². The highest BCUT2D eigenvalue weighted by Crippen LogP contribution is 2.34. The molecule has 2 aromatic carbocycles. The van der Waals surface area contributed by atoms with E-state index >= 15 is 0 Å². The van der Waals surface area contributed by atoms with Crippen molar-refractivity contribution >= 4 is 22.9 Å². The minimum absolute atomic E-state index is 0.214. The number of rotatable bonds is 5. The zero-order valence-corrected chi connectivity index (χ0v) is 15.3. The van der Waals surface area contributed by atoms with E-state index in [4.69, 9.17) is 14.1 Å². The third-order valence-corrected chi connectivity index (χ3v) is 5.08. The Balaban J connectivity index is 1.72. The summed E-state index contributed by atoms with van der Waals surface area (Å²) in [6.07, 6.45) is 3.21. The lowest BCUT2D eigenvalue weighted by molar-refractivity contribution is 0.103. The third-order valence-electron chi connectivity index (χ3n) is 3.98. The lowest BCUT2D eigenvalue weighted by Crippen LogP contribution is -2.11. The molecule has 4 aromatic rings. The van der Waals surface area contributed by atoms with Crippen molar-refractivity contribution in [3.63, 3.8) is 0 Å². The average molecular weight is 376 g/mol. The predicted molar refractivity (Wildman–Crippen MR) is 106 cm³/mol. The molecule has 6 heteroatoms. The molecule has 0 aliphatic heterocycles. The Labute approximate surface area is 160 Å². The number of ether oxygens (including phenoxy) is 1. The molecule has 0 aliphatic rings. The number of hydrogen-bond acceptors (Lipinski definition) is 5. The summed E-state index contributed by atoms with van der Waals surface area (Å²) < 4.78 is 10.4. The predicted octanol–water partition coefficient (Wildman–Crippen LogP) is 5.33. The molecule has 0 bridgehead atoms. The van der Waals surface area contributed by atoms with Crippen molar-refractivity contribution in [2.75, 3.05) is 12.4 Å². The largest absolute Gasteiger partial charge is 0.497 e. The van der Waals surface area contributed by atoms with Crippen molar-refractivity contribution in [2.24, 2.45) is 0 Å². The van der Waals surface area contributed by atoms with Crippen LogP contribution in [0.3, 0.4) is 0 Å². The van der Waals surface area contributed by atoms with E-state index in [0.717, 1.165) is 16.1 Å². The van der Waals surface area contributed by atoms with E-state index in [9.17, 15) is 4.79 Å². The standard InChI is InChI=1S/C21H16N2O3S/c1-25-17-9-5-8-16(12-17)22-20(24)19-18(14-6-3-2-4-7-14)23-21(27-19)15-10-11-26-13-15/h2-13H,1H3,(H,22,24). The second-order valence-electron chi connectivity index (χ2n) is 5.76. The van der Waals surface area contributed by atoms with E-state index in [1.165, 1.54) is 11.3 Å². The van der Waals surface area contributed by atoms with Crippen molar-refractivity contribution < 1.29 is 13.9 Å². The number of aromatic nitrogens is 1. The van der Waals surface area contributed by atoms with Gasteiger partial charge in [-0.25, -0.2) is 4.98 Å². The molecule has 1 N–H and O–H groups in total. The first-order valence-corrected chi connectivity index (χ1v) is 9.10. The third kappa shape index (κ3) is 3.61. The van der Waals surface area contributed by atoms with Gasteiger partial charge in [0.15, 0.2) is 0 Å². The number of benzene rings is 2. The van der Waals surface area contributed by atoms with Crippen LogP contribution in [0.15, 0.2) is 77.6 Å². The van der Waals surface area contributed by atoms with E-state index in [1.807, 2.05) is 54.6 Å². The molecule has 0 unspecified atom stereocenters. The van der Waals surface area contributed by atoms with E-state index in [-0.39, 0.29) is 5.91 Å². The summed E-state index contributed by atoms with van der Waals surface area (Å²) in [5.41, 5.74) is 3.05. The summed E-state index contributed by atoms with van der Waals surface area (Å²) >= 11 is 1.33. The lowest BCUT2D eigenvalue weighted by atomic mass is 10.1. The maximum absolute atomic E-state index is 13.0. The lowest BCUT2D eigenvalue weighted by Gasteiger charge is -2.07. The molecule has 134 valence electrons. The monoisotopic (exact) mass is 376 g/mol. The second kappa shape index (κ2) is 7.47. The van der Waals surface area contributed by atoms with Gasteiger partial charge < -0.3 is 14.5 Å². The molecule has 0 atom stereocenters. The van der Waals surface area contributed by atoms with Gasteiger partial charge in [0.25, 0.3) is 5.91 Å². The topological polar surface area (TPSA) is 64.4 Å². The summed E-state index contributed by atoms with van der Waals surface area (Å²) in [4.78, 5) is 18.2. The Morgan fingerprint density at radius 3 is 2.67 bits per heavy atom. The van der Waals surface area contributed by atoms with Crippen LogP contribution in [0.2, 0.25) is 0 Å². The number of amides is 1. The number of carbonyl (C=O) groups excluding carboxylic acids is 1. The van der Waals surface area contributed by atoms with Crippen molar-refractivity contribution in [2.45, 2.75) is 0 Å². The first-order valence-electron chi connectivity index (χ1n) is 8.29. The molecule has 27 heavy (non-hydrogen) atoms. The smallest absolute Gasteiger partial charge is 0.268 e. The number of anilines is 1. The summed E-state index contributed by atoms with van der Waals surface area (Å²) in [5.74, 6) is 0.467. The summed E-state index contributed by atoms with van der Waals surface area (Å²) in [6.45, 7) is 0. The normalized spacial score (nSPS) is 10.6. The van der Waals surface area contributed by atoms with Crippen molar-refractivity contribution in [3.05, 3.63) is 78.1 Å². The molecule has 0 spiro atoms. The van der Waals surface area contributed by atoms with Crippen LogP contribution in [-0.4, -0.2) is 18.0 Å². The number of hydrogen-bond donors (Lipinski definition) is 1. The van der Waals surface area contributed by atoms with Gasteiger partial charge in [-0.2, -0.15) is 0 Å². The van der Waals surface area contributed by atoms with Crippen molar-refractivity contribution in [3.8, 4) is 27.6 Å². The highest BCUT2D eigenvalue weighted by atomic mass is 32.1. The number of carbonyl (C=O) groups is 1. The minimum atomic E-state index is -0.214. The molecular weight excluding hydrogens is 360 g/mol. The van der Waals surface area contributed by atoms with Crippen LogP contribution in [0, 0.1) is 0 Å². The number of nitrogens with zero attached hydrogens (tertiary/aromatic N) is 1. The zero-order chi connectivity index (χ0) is 18.6. The molecule has 0 saturated carbocycles. The number of methoxy groups -OCH3 is 1. The van der Waals surface area contributed by atoms with Crippen molar-refractivity contribution in [1.29, 1.82) is 0 Å². The highest BCUT2D eigenvalue weighted by Gasteiger charge is 2.21. The summed E-state index contributed by atoms with van der Waals surface area (Å²) in [7, 11) is 1.59. The van der Waals surface area contributed by atoms with Gasteiger partial charge in [0.1, 0.15) is 21.9 Å². The zero-order valence-electron chi connectivity index (χ0n) is 14.5. The van der Waals surface area contributed by atoms with E-state index < -0.39 is 0 Å². The molecule has 2 aromatic heterocycles. The van der Waals surface area contributed by atoms with Crippen LogP contribution in [0.1, 0.15) is 9.67 Å². The van der Waals surface area contributed by atoms with Gasteiger partial charge in [-0.3, -0.25) is 4.79 Å². The molecule has 0 saturated heterocycles. The van der Waals surface area contributed by atoms with Crippen molar-refractivity contribution in [1.82, 2.24) is 4.98 Å². The van der Waals surface area contributed by atoms with Gasteiger partial charge in [0.2, 0.25) is 0 Å². The number of furan rings is 1. The Hall–Kier alpha value is -3.38. The molecule has 5 nitrogen and oxygen atoms in total. The summed E-state index contributed by atoms with van der Waals surface area (Å²) in [5, 5.41) is 3.66. The molecule has 1 amide bonds. The van der Waals surface area contributed by atoms with E-state index in [0.29, 0.717) is 22.0 Å². The Morgan fingerprint density at radius 1 is 1.07 bits per heavy atom.